The molecule has 102 valence electrons. The summed E-state index contributed by atoms with van der Waals surface area (Å²) in [6, 6.07) is 0.464. The number of hydrogen-bond donors (Lipinski definition) is 1. The number of aryl methyl sites for hydroxylation is 2. The maximum Gasteiger partial charge on any atom is 0.133 e. The van der Waals surface area contributed by atoms with Gasteiger partial charge in [0.15, 0.2) is 0 Å². The quantitative estimate of drug-likeness (QED) is 0.926. The topological polar surface area (TPSA) is 43.8 Å². The van der Waals surface area contributed by atoms with Crippen LogP contribution in [-0.2, 0) is 13.5 Å². The maximum absolute atomic E-state index is 13.5. The van der Waals surface area contributed by atoms with Crippen molar-refractivity contribution in [2.24, 2.45) is 12.8 Å². The van der Waals surface area contributed by atoms with Gasteiger partial charge in [-0.2, -0.15) is 5.10 Å². The van der Waals surface area contributed by atoms with Crippen molar-refractivity contribution in [3.05, 3.63) is 53.1 Å². The van der Waals surface area contributed by atoms with Crippen LogP contribution in [0, 0.1) is 17.5 Å². The monoisotopic (exact) mass is 269 g/mol. The molecule has 0 aliphatic carbocycles. The summed E-state index contributed by atoms with van der Waals surface area (Å²) in [7, 11) is 1.78. The zero-order valence-electron chi connectivity index (χ0n) is 10.4. The Labute approximate surface area is 108 Å². The molecule has 3 nitrogen and oxygen atoms in total. The van der Waals surface area contributed by atoms with Gasteiger partial charge in [-0.05, 0) is 18.4 Å². The fraction of sp³-hybridized carbons (Fsp3) is 0.308. The molecule has 6 heteroatoms. The number of halogens is 3. The van der Waals surface area contributed by atoms with Gasteiger partial charge in [0.1, 0.15) is 17.5 Å². The Morgan fingerprint density at radius 2 is 1.89 bits per heavy atom. The van der Waals surface area contributed by atoms with Crippen molar-refractivity contribution < 1.29 is 13.2 Å². The van der Waals surface area contributed by atoms with Crippen molar-refractivity contribution in [3.8, 4) is 0 Å². The van der Waals surface area contributed by atoms with E-state index >= 15 is 0 Å². The highest BCUT2D eigenvalue weighted by Crippen LogP contribution is 2.23. The molecule has 2 rings (SSSR count). The van der Waals surface area contributed by atoms with Gasteiger partial charge in [-0.15, -0.1) is 0 Å². The van der Waals surface area contributed by atoms with Crippen LogP contribution in [-0.4, -0.2) is 9.78 Å². The smallest absolute Gasteiger partial charge is 0.133 e. The average Bonchev–Trinajstić information content (AvgIpc) is 2.71. The van der Waals surface area contributed by atoms with E-state index in [0.717, 1.165) is 5.56 Å². The van der Waals surface area contributed by atoms with Crippen molar-refractivity contribution in [2.45, 2.75) is 18.9 Å². The molecule has 0 saturated carbocycles. The first-order valence-electron chi connectivity index (χ1n) is 5.85. The summed E-state index contributed by atoms with van der Waals surface area (Å²) in [6.07, 6.45) is 4.38. The summed E-state index contributed by atoms with van der Waals surface area (Å²) in [4.78, 5) is 0. The first kappa shape index (κ1) is 13.6. The Morgan fingerprint density at radius 3 is 2.42 bits per heavy atom. The highest BCUT2D eigenvalue weighted by Gasteiger charge is 2.18. The highest BCUT2D eigenvalue weighted by atomic mass is 19.1. The molecule has 0 aliphatic heterocycles. The van der Waals surface area contributed by atoms with Crippen LogP contribution in [0.2, 0.25) is 0 Å². The minimum absolute atomic E-state index is 0.273. The molecule has 1 aromatic heterocycles. The van der Waals surface area contributed by atoms with E-state index in [-0.39, 0.29) is 5.56 Å². The van der Waals surface area contributed by atoms with E-state index < -0.39 is 23.5 Å². The summed E-state index contributed by atoms with van der Waals surface area (Å²) >= 11 is 0. The second kappa shape index (κ2) is 5.44. The van der Waals surface area contributed by atoms with Gasteiger partial charge in [-0.3, -0.25) is 4.68 Å². The molecule has 0 radical (unpaired) electrons. The van der Waals surface area contributed by atoms with E-state index in [1.165, 1.54) is 0 Å². The van der Waals surface area contributed by atoms with Crippen molar-refractivity contribution in [2.75, 3.05) is 0 Å². The van der Waals surface area contributed by atoms with E-state index in [0.29, 0.717) is 25.0 Å². The fourth-order valence-corrected chi connectivity index (χ4v) is 1.98. The van der Waals surface area contributed by atoms with Gasteiger partial charge >= 0.3 is 0 Å². The van der Waals surface area contributed by atoms with Gasteiger partial charge in [0, 0.05) is 37.0 Å². The van der Waals surface area contributed by atoms with Crippen LogP contribution in [0.15, 0.2) is 24.5 Å². The third-order valence-corrected chi connectivity index (χ3v) is 2.92. The lowest BCUT2D eigenvalue weighted by Gasteiger charge is -2.13. The number of nitrogens with two attached hydrogens (primary N) is 1. The molecule has 1 atom stereocenters. The molecule has 2 N–H and O–H groups in total. The van der Waals surface area contributed by atoms with E-state index in [1.807, 2.05) is 6.20 Å². The molecule has 0 aliphatic rings. The fourth-order valence-electron chi connectivity index (χ4n) is 1.98. The summed E-state index contributed by atoms with van der Waals surface area (Å²) in [5.41, 5.74) is 6.43. The van der Waals surface area contributed by atoms with E-state index in [2.05, 4.69) is 5.10 Å². The number of hydrogen-bond acceptors (Lipinski definition) is 2. The van der Waals surface area contributed by atoms with Gasteiger partial charge in [0.25, 0.3) is 0 Å². The summed E-state index contributed by atoms with van der Waals surface area (Å²) in [6.45, 7) is 0. The lowest BCUT2D eigenvalue weighted by Crippen LogP contribution is -2.15. The third kappa shape index (κ3) is 3.14. The summed E-state index contributed by atoms with van der Waals surface area (Å²) < 4.78 is 41.5. The molecule has 1 unspecified atom stereocenters. The van der Waals surface area contributed by atoms with Crippen LogP contribution in [0.3, 0.4) is 0 Å². The van der Waals surface area contributed by atoms with Crippen LogP contribution in [0.4, 0.5) is 13.2 Å². The number of rotatable bonds is 4. The molecule has 0 saturated heterocycles. The van der Waals surface area contributed by atoms with Crippen LogP contribution in [0.25, 0.3) is 0 Å². The Bertz CT molecular complexity index is 557. The zero-order valence-corrected chi connectivity index (χ0v) is 10.4. The number of benzene rings is 1. The molecule has 0 fully saturated rings. The van der Waals surface area contributed by atoms with Crippen molar-refractivity contribution >= 4 is 0 Å². The third-order valence-electron chi connectivity index (χ3n) is 2.92. The van der Waals surface area contributed by atoms with Crippen LogP contribution >= 0.6 is 0 Å². The standard InChI is InChI=1S/C13H14F3N3/c1-19-7-8(6-18-19)2-3-12(17)13-10(15)4-9(14)5-11(13)16/h4-7,12H,2-3,17H2,1H3. The minimum Gasteiger partial charge on any atom is -0.324 e. The number of nitrogens with zero attached hydrogens (tertiary/aromatic N) is 2. The molecular formula is C13H14F3N3. The van der Waals surface area contributed by atoms with Gasteiger partial charge < -0.3 is 5.73 Å². The Balaban J connectivity index is 2.10. The first-order valence-corrected chi connectivity index (χ1v) is 5.85. The molecule has 0 spiro atoms. The lowest BCUT2D eigenvalue weighted by molar-refractivity contribution is 0.493. The Hall–Kier alpha value is -1.82. The first-order chi connectivity index (χ1) is 8.97. The molecule has 1 heterocycles. The van der Waals surface area contributed by atoms with Crippen LogP contribution in [0.5, 0.6) is 0 Å². The molecule has 19 heavy (non-hydrogen) atoms. The van der Waals surface area contributed by atoms with Crippen molar-refractivity contribution in [1.82, 2.24) is 9.78 Å². The van der Waals surface area contributed by atoms with Crippen LogP contribution < -0.4 is 5.73 Å². The largest absolute Gasteiger partial charge is 0.324 e. The van der Waals surface area contributed by atoms with Gasteiger partial charge in [-0.25, -0.2) is 13.2 Å². The van der Waals surface area contributed by atoms with Gasteiger partial charge in [0.2, 0.25) is 0 Å². The summed E-state index contributed by atoms with van der Waals surface area (Å²) in [5.74, 6) is -2.84. The zero-order chi connectivity index (χ0) is 14.0. The molecule has 0 bridgehead atoms. The van der Waals surface area contributed by atoms with E-state index in [4.69, 9.17) is 5.73 Å². The van der Waals surface area contributed by atoms with E-state index in [1.54, 1.807) is 17.9 Å². The highest BCUT2D eigenvalue weighted by molar-refractivity contribution is 5.24. The van der Waals surface area contributed by atoms with Crippen molar-refractivity contribution in [3.63, 3.8) is 0 Å². The predicted octanol–water partition coefficient (Wildman–Crippen LogP) is 2.47. The minimum atomic E-state index is -0.948. The molecule has 1 aromatic carbocycles. The maximum atomic E-state index is 13.5. The molecule has 2 aromatic rings. The van der Waals surface area contributed by atoms with Gasteiger partial charge in [0.05, 0.1) is 6.20 Å². The molecule has 0 amide bonds. The summed E-state index contributed by atoms with van der Waals surface area (Å²) in [5, 5.41) is 3.99. The second-order valence-electron chi connectivity index (χ2n) is 4.45. The number of aromatic nitrogens is 2. The van der Waals surface area contributed by atoms with E-state index in [9.17, 15) is 13.2 Å². The lowest BCUT2D eigenvalue weighted by atomic mass is 10.00. The molecular weight excluding hydrogens is 255 g/mol. The second-order valence-corrected chi connectivity index (χ2v) is 4.45. The SMILES string of the molecule is Cn1cc(CCC(N)c2c(F)cc(F)cc2F)cn1. The van der Waals surface area contributed by atoms with Crippen LogP contribution in [0.1, 0.15) is 23.6 Å². The normalized spacial score (nSPS) is 12.7. The predicted molar refractivity (Wildman–Crippen MR) is 64.8 cm³/mol. The average molecular weight is 269 g/mol. The Morgan fingerprint density at radius 1 is 1.26 bits per heavy atom. The Kier molecular flexibility index (Phi) is 3.90. The van der Waals surface area contributed by atoms with Crippen molar-refractivity contribution in [1.29, 1.82) is 0 Å². The van der Waals surface area contributed by atoms with Gasteiger partial charge in [-0.1, -0.05) is 0 Å².